The number of esters is 1. The molecule has 0 saturated heterocycles. The average molecular weight is 232 g/mol. The molecule has 0 aromatic carbocycles. The van der Waals surface area contributed by atoms with Crippen LogP contribution in [-0.2, 0) is 9.53 Å². The summed E-state index contributed by atoms with van der Waals surface area (Å²) in [6.07, 6.45) is 0. The van der Waals surface area contributed by atoms with Crippen molar-refractivity contribution in [3.63, 3.8) is 0 Å². The summed E-state index contributed by atoms with van der Waals surface area (Å²) in [5, 5.41) is 3.66. The first kappa shape index (κ1) is 9.25. The van der Waals surface area contributed by atoms with Crippen molar-refractivity contribution in [3.8, 4) is 0 Å². The first-order valence-corrected chi connectivity index (χ1v) is 4.28. The van der Waals surface area contributed by atoms with Crippen LogP contribution >= 0.6 is 15.9 Å². The Morgan fingerprint density at radius 3 is 2.75 bits per heavy atom. The Kier molecular flexibility index (Phi) is 2.86. The number of halogens is 1. The van der Waals surface area contributed by atoms with Gasteiger partial charge in [-0.25, -0.2) is 4.79 Å². The van der Waals surface area contributed by atoms with Crippen LogP contribution in [-0.4, -0.2) is 18.3 Å². The molecule has 0 fully saturated rings. The van der Waals surface area contributed by atoms with Crippen LogP contribution in [0.15, 0.2) is 15.3 Å². The largest absolute Gasteiger partial charge is 0.461 e. The molecule has 65 valence electrons. The summed E-state index contributed by atoms with van der Waals surface area (Å²) < 4.78 is 5.36. The van der Waals surface area contributed by atoms with Crippen molar-refractivity contribution in [2.75, 3.05) is 6.61 Å². The molecule has 4 nitrogen and oxygen atoms in total. The topological polar surface area (TPSA) is 52.8 Å². The molecule has 0 aromatic rings. The van der Waals surface area contributed by atoms with E-state index in [9.17, 15) is 4.79 Å². The van der Waals surface area contributed by atoms with Crippen molar-refractivity contribution >= 4 is 27.6 Å². The Balaban J connectivity index is 2.72. The van der Waals surface area contributed by atoms with E-state index in [1.807, 2.05) is 0 Å². The van der Waals surface area contributed by atoms with Crippen LogP contribution in [0.4, 0.5) is 0 Å². The van der Waals surface area contributed by atoms with Crippen molar-refractivity contribution in [2.24, 2.45) is 5.10 Å². The highest BCUT2D eigenvalue weighted by Gasteiger charge is 2.23. The second-order valence-corrected chi connectivity index (χ2v) is 2.96. The number of ether oxygens (including phenoxy) is 1. The molecular formula is C7H8BrN2O2. The predicted octanol–water partition coefficient (Wildman–Crippen LogP) is 1.15. The Morgan fingerprint density at radius 2 is 2.33 bits per heavy atom. The van der Waals surface area contributed by atoms with Crippen molar-refractivity contribution in [2.45, 2.75) is 13.8 Å². The van der Waals surface area contributed by atoms with Crippen LogP contribution in [0, 0.1) is 0 Å². The van der Waals surface area contributed by atoms with Crippen LogP contribution in [0.1, 0.15) is 13.8 Å². The fourth-order valence-corrected chi connectivity index (χ4v) is 1.03. The number of allylic oxidation sites excluding steroid dienone is 1. The quantitative estimate of drug-likeness (QED) is 0.670. The van der Waals surface area contributed by atoms with Crippen LogP contribution in [0.25, 0.3) is 0 Å². The van der Waals surface area contributed by atoms with E-state index in [1.165, 1.54) is 0 Å². The van der Waals surface area contributed by atoms with Gasteiger partial charge in [0.05, 0.1) is 16.8 Å². The normalized spacial score (nSPS) is 15.8. The van der Waals surface area contributed by atoms with Gasteiger partial charge in [-0.3, -0.25) is 0 Å². The molecule has 1 aliphatic heterocycles. The third-order valence-corrected chi connectivity index (χ3v) is 2.24. The number of carbonyl (C=O) groups is 1. The lowest BCUT2D eigenvalue weighted by atomic mass is 10.3. The molecule has 0 aliphatic carbocycles. The lowest BCUT2D eigenvalue weighted by Crippen LogP contribution is -2.16. The van der Waals surface area contributed by atoms with E-state index >= 15 is 0 Å². The highest BCUT2D eigenvalue weighted by atomic mass is 79.9. The van der Waals surface area contributed by atoms with Crippen LogP contribution in [0.2, 0.25) is 0 Å². The standard InChI is InChI=1S/C7H8BrN2O2/c1-3-12-7(11)6-5(8)4(2)9-10-6/h3H2,1-2H3. The second-order valence-electron chi connectivity index (χ2n) is 2.17. The number of nitrogens with zero attached hydrogens (tertiary/aromatic N) is 2. The van der Waals surface area contributed by atoms with Crippen molar-refractivity contribution in [1.82, 2.24) is 5.43 Å². The van der Waals surface area contributed by atoms with Gasteiger partial charge < -0.3 is 4.74 Å². The molecule has 1 aliphatic rings. The molecule has 12 heavy (non-hydrogen) atoms. The smallest absolute Gasteiger partial charge is 0.360 e. The van der Waals surface area contributed by atoms with Crippen LogP contribution in [0.3, 0.4) is 0 Å². The summed E-state index contributed by atoms with van der Waals surface area (Å²) in [5.74, 6) is -0.440. The Bertz CT molecular complexity index is 271. The molecule has 1 heterocycles. The second kappa shape index (κ2) is 3.71. The van der Waals surface area contributed by atoms with Gasteiger partial charge in [0.25, 0.3) is 0 Å². The Hall–Kier alpha value is -0.840. The van der Waals surface area contributed by atoms with E-state index in [4.69, 9.17) is 4.74 Å². The molecule has 0 atom stereocenters. The summed E-state index contributed by atoms with van der Waals surface area (Å²) in [6.45, 7) is 3.85. The van der Waals surface area contributed by atoms with Gasteiger partial charge >= 0.3 is 5.97 Å². The molecule has 0 spiro atoms. The van der Waals surface area contributed by atoms with Gasteiger partial charge in [-0.1, -0.05) is 0 Å². The summed E-state index contributed by atoms with van der Waals surface area (Å²) in [7, 11) is 0. The first-order valence-electron chi connectivity index (χ1n) is 3.49. The van der Waals surface area contributed by atoms with E-state index in [-0.39, 0.29) is 5.71 Å². The van der Waals surface area contributed by atoms with Gasteiger partial charge in [-0.05, 0) is 29.8 Å². The van der Waals surface area contributed by atoms with Crippen molar-refractivity contribution in [3.05, 3.63) is 10.2 Å². The lowest BCUT2D eigenvalue weighted by molar-refractivity contribution is -0.134. The van der Waals surface area contributed by atoms with Crippen molar-refractivity contribution < 1.29 is 9.53 Å². The molecule has 0 aromatic heterocycles. The van der Waals surface area contributed by atoms with Gasteiger partial charge in [0, 0.05) is 0 Å². The maximum atomic E-state index is 11.1. The third kappa shape index (κ3) is 1.66. The maximum Gasteiger partial charge on any atom is 0.360 e. The SMILES string of the molecule is CCOC(=O)C1=N[N]C(C)=C1Br. The zero-order valence-electron chi connectivity index (χ0n) is 6.80. The molecule has 0 amide bonds. The third-order valence-electron chi connectivity index (χ3n) is 1.29. The number of hydrogen-bond acceptors (Lipinski definition) is 3. The highest BCUT2D eigenvalue weighted by Crippen LogP contribution is 2.19. The summed E-state index contributed by atoms with van der Waals surface area (Å²) in [5.41, 5.74) is 4.66. The summed E-state index contributed by atoms with van der Waals surface area (Å²) in [4.78, 5) is 11.1. The van der Waals surface area contributed by atoms with E-state index in [0.717, 1.165) is 0 Å². The van der Waals surface area contributed by atoms with E-state index < -0.39 is 5.97 Å². The number of hydrogen-bond donors (Lipinski definition) is 0. The monoisotopic (exact) mass is 231 g/mol. The van der Waals surface area contributed by atoms with E-state index in [1.54, 1.807) is 13.8 Å². The van der Waals surface area contributed by atoms with Crippen molar-refractivity contribution in [1.29, 1.82) is 0 Å². The minimum Gasteiger partial charge on any atom is -0.461 e. The zero-order valence-corrected chi connectivity index (χ0v) is 8.38. The minimum absolute atomic E-state index is 0.245. The summed E-state index contributed by atoms with van der Waals surface area (Å²) >= 11 is 3.19. The predicted molar refractivity (Wildman–Crippen MR) is 47.8 cm³/mol. The van der Waals surface area contributed by atoms with Gasteiger partial charge in [-0.2, -0.15) is 5.43 Å². The molecule has 0 unspecified atom stereocenters. The Labute approximate surface area is 78.8 Å². The van der Waals surface area contributed by atoms with Gasteiger partial charge in [-0.15, -0.1) is 5.10 Å². The van der Waals surface area contributed by atoms with Gasteiger partial charge in [0.15, 0.2) is 5.71 Å². The Morgan fingerprint density at radius 1 is 1.67 bits per heavy atom. The van der Waals surface area contributed by atoms with E-state index in [0.29, 0.717) is 16.8 Å². The molecule has 1 rings (SSSR count). The lowest BCUT2D eigenvalue weighted by Gasteiger charge is -1.98. The zero-order chi connectivity index (χ0) is 9.14. The van der Waals surface area contributed by atoms with Crippen LogP contribution < -0.4 is 5.43 Å². The summed E-state index contributed by atoms with van der Waals surface area (Å²) in [6, 6.07) is 0. The average Bonchev–Trinajstić information content (AvgIpc) is 2.34. The van der Waals surface area contributed by atoms with E-state index in [2.05, 4.69) is 26.5 Å². The highest BCUT2D eigenvalue weighted by molar-refractivity contribution is 9.12. The fourth-order valence-electron chi connectivity index (χ4n) is 0.714. The number of carbonyl (C=O) groups excluding carboxylic acids is 1. The van der Waals surface area contributed by atoms with Gasteiger partial charge in [0.2, 0.25) is 0 Å². The fraction of sp³-hybridized carbons (Fsp3) is 0.429. The molecule has 1 radical (unpaired) electrons. The number of rotatable bonds is 2. The molecule has 5 heteroatoms. The molecule has 0 bridgehead atoms. The molecule has 0 saturated carbocycles. The molecular weight excluding hydrogens is 224 g/mol. The molecule has 0 N–H and O–H groups in total. The minimum atomic E-state index is -0.440. The first-order chi connectivity index (χ1) is 5.66. The van der Waals surface area contributed by atoms with Crippen LogP contribution in [0.5, 0.6) is 0 Å². The van der Waals surface area contributed by atoms with Gasteiger partial charge in [0.1, 0.15) is 0 Å². The maximum absolute atomic E-state index is 11.1.